The van der Waals surface area contributed by atoms with Crippen LogP contribution in [0.4, 0.5) is 8.78 Å². The Labute approximate surface area is 129 Å². The molecule has 21 heavy (non-hydrogen) atoms. The fourth-order valence-corrected chi connectivity index (χ4v) is 2.50. The lowest BCUT2D eigenvalue weighted by Crippen LogP contribution is -2.18. The summed E-state index contributed by atoms with van der Waals surface area (Å²) in [6.45, 7) is 0. The molecule has 0 aromatic heterocycles. The summed E-state index contributed by atoms with van der Waals surface area (Å²) in [5, 5.41) is 0. The van der Waals surface area contributed by atoms with Gasteiger partial charge in [-0.2, -0.15) is 0 Å². The summed E-state index contributed by atoms with van der Waals surface area (Å²) >= 11 is 3.03. The van der Waals surface area contributed by atoms with E-state index in [0.29, 0.717) is 17.1 Å². The van der Waals surface area contributed by atoms with Crippen LogP contribution in [-0.4, -0.2) is 14.2 Å². The molecule has 0 saturated carbocycles. The highest BCUT2D eigenvalue weighted by Gasteiger charge is 2.25. The van der Waals surface area contributed by atoms with Crippen LogP contribution in [0, 0.1) is 11.6 Å². The molecule has 2 rings (SSSR count). The third-order valence-corrected chi connectivity index (χ3v) is 3.78. The zero-order valence-corrected chi connectivity index (χ0v) is 13.1. The predicted molar refractivity (Wildman–Crippen MR) is 79.6 cm³/mol. The summed E-state index contributed by atoms with van der Waals surface area (Å²) in [7, 11) is 2.91. The van der Waals surface area contributed by atoms with E-state index in [9.17, 15) is 8.78 Å². The lowest BCUT2D eigenvalue weighted by atomic mass is 9.96. The van der Waals surface area contributed by atoms with E-state index in [2.05, 4.69) is 15.9 Å². The van der Waals surface area contributed by atoms with Crippen LogP contribution in [0.15, 0.2) is 34.8 Å². The predicted octanol–water partition coefficient (Wildman–Crippen LogP) is 3.79. The van der Waals surface area contributed by atoms with E-state index in [1.54, 1.807) is 18.2 Å². The van der Waals surface area contributed by atoms with Crippen molar-refractivity contribution in [1.82, 2.24) is 0 Å². The van der Waals surface area contributed by atoms with E-state index in [1.807, 2.05) is 0 Å². The number of nitrogens with two attached hydrogens (primary N) is 1. The summed E-state index contributed by atoms with van der Waals surface area (Å²) < 4.78 is 38.8. The van der Waals surface area contributed by atoms with Gasteiger partial charge in [-0.15, -0.1) is 0 Å². The molecular weight excluding hydrogens is 344 g/mol. The minimum absolute atomic E-state index is 0.142. The molecule has 6 heteroatoms. The summed E-state index contributed by atoms with van der Waals surface area (Å²) in [5.74, 6) is -0.659. The van der Waals surface area contributed by atoms with Crippen LogP contribution in [0.1, 0.15) is 17.2 Å². The first-order valence-corrected chi connectivity index (χ1v) is 6.90. The molecule has 3 nitrogen and oxygen atoms in total. The maximum atomic E-state index is 14.2. The molecular formula is C15H14BrF2NO2. The van der Waals surface area contributed by atoms with Gasteiger partial charge in [-0.1, -0.05) is 6.07 Å². The van der Waals surface area contributed by atoms with E-state index >= 15 is 0 Å². The first kappa shape index (κ1) is 15.7. The average molecular weight is 358 g/mol. The topological polar surface area (TPSA) is 44.5 Å². The second-order valence-corrected chi connectivity index (χ2v) is 5.17. The Morgan fingerprint density at radius 1 is 1.00 bits per heavy atom. The number of methoxy groups -OCH3 is 2. The molecule has 2 aromatic rings. The number of hydrogen-bond donors (Lipinski definition) is 1. The minimum atomic E-state index is -1.06. The van der Waals surface area contributed by atoms with Crippen molar-refractivity contribution in [2.45, 2.75) is 6.04 Å². The molecule has 0 spiro atoms. The van der Waals surface area contributed by atoms with Crippen molar-refractivity contribution in [3.8, 4) is 11.5 Å². The fourth-order valence-electron chi connectivity index (χ4n) is 2.16. The number of ether oxygens (including phenoxy) is 2. The smallest absolute Gasteiger partial charge is 0.145 e. The van der Waals surface area contributed by atoms with Crippen LogP contribution in [0.3, 0.4) is 0 Å². The molecule has 0 aliphatic carbocycles. The van der Waals surface area contributed by atoms with Gasteiger partial charge in [0.05, 0.1) is 30.3 Å². The first-order valence-electron chi connectivity index (χ1n) is 6.11. The van der Waals surface area contributed by atoms with Gasteiger partial charge >= 0.3 is 0 Å². The molecule has 0 bridgehead atoms. The van der Waals surface area contributed by atoms with Crippen LogP contribution in [0.25, 0.3) is 0 Å². The minimum Gasteiger partial charge on any atom is -0.496 e. The van der Waals surface area contributed by atoms with Crippen LogP contribution in [-0.2, 0) is 0 Å². The number of benzene rings is 2. The summed E-state index contributed by atoms with van der Waals surface area (Å²) in [6.07, 6.45) is 0. The van der Waals surface area contributed by atoms with Crippen LogP contribution >= 0.6 is 15.9 Å². The maximum Gasteiger partial charge on any atom is 0.145 e. The molecule has 2 aromatic carbocycles. The van der Waals surface area contributed by atoms with Gasteiger partial charge in [-0.25, -0.2) is 8.78 Å². The van der Waals surface area contributed by atoms with Crippen molar-refractivity contribution in [3.05, 3.63) is 57.6 Å². The van der Waals surface area contributed by atoms with Crippen molar-refractivity contribution >= 4 is 15.9 Å². The number of halogens is 3. The van der Waals surface area contributed by atoms with Gasteiger partial charge in [0.1, 0.15) is 23.1 Å². The molecule has 112 valence electrons. The molecule has 0 aliphatic heterocycles. The van der Waals surface area contributed by atoms with E-state index in [-0.39, 0.29) is 10.0 Å². The van der Waals surface area contributed by atoms with Gasteiger partial charge in [-0.3, -0.25) is 0 Å². The Hall–Kier alpha value is -1.66. The molecule has 1 unspecified atom stereocenters. The highest BCUT2D eigenvalue weighted by molar-refractivity contribution is 9.10. The van der Waals surface area contributed by atoms with E-state index in [0.717, 1.165) is 6.07 Å². The molecule has 1 atom stereocenters. The van der Waals surface area contributed by atoms with Gasteiger partial charge in [-0.05, 0) is 40.2 Å². The Bertz CT molecular complexity index is 642. The molecule has 0 saturated heterocycles. The lowest BCUT2D eigenvalue weighted by Gasteiger charge is -2.20. The Balaban J connectivity index is 2.65. The second-order valence-electron chi connectivity index (χ2n) is 4.31. The van der Waals surface area contributed by atoms with E-state index < -0.39 is 17.7 Å². The largest absolute Gasteiger partial charge is 0.496 e. The zero-order chi connectivity index (χ0) is 15.6. The van der Waals surface area contributed by atoms with Crippen molar-refractivity contribution in [1.29, 1.82) is 0 Å². The molecule has 2 N–H and O–H groups in total. The summed E-state index contributed by atoms with van der Waals surface area (Å²) in [4.78, 5) is 0. The fraction of sp³-hybridized carbons (Fsp3) is 0.200. The van der Waals surface area contributed by atoms with Gasteiger partial charge < -0.3 is 15.2 Å². The Morgan fingerprint density at radius 3 is 2.10 bits per heavy atom. The highest BCUT2D eigenvalue weighted by atomic mass is 79.9. The SMILES string of the molecule is COc1cccc(OC)c1C(N)c1c(F)ccc(Br)c1F. The molecule has 0 heterocycles. The summed E-state index contributed by atoms with van der Waals surface area (Å²) in [5.41, 5.74) is 6.22. The normalized spacial score (nSPS) is 12.1. The molecule has 0 amide bonds. The number of hydrogen-bond acceptors (Lipinski definition) is 3. The Kier molecular flexibility index (Phi) is 4.80. The van der Waals surface area contributed by atoms with Crippen LogP contribution < -0.4 is 15.2 Å². The standard InChI is InChI=1S/C15H14BrF2NO2/c1-20-10-4-3-5-11(21-2)13(10)15(19)12-9(17)7-6-8(16)14(12)18/h3-7,15H,19H2,1-2H3. The van der Waals surface area contributed by atoms with Crippen molar-refractivity contribution < 1.29 is 18.3 Å². The average Bonchev–Trinajstić information content (AvgIpc) is 2.50. The highest BCUT2D eigenvalue weighted by Crippen LogP contribution is 2.38. The third-order valence-electron chi connectivity index (χ3n) is 3.17. The molecule has 0 radical (unpaired) electrons. The van der Waals surface area contributed by atoms with Gasteiger partial charge in [0.2, 0.25) is 0 Å². The monoisotopic (exact) mass is 357 g/mol. The molecule has 0 fully saturated rings. The van der Waals surface area contributed by atoms with Crippen molar-refractivity contribution in [2.24, 2.45) is 5.73 Å². The first-order chi connectivity index (χ1) is 10.0. The van der Waals surface area contributed by atoms with E-state index in [1.165, 1.54) is 20.3 Å². The Morgan fingerprint density at radius 2 is 1.57 bits per heavy atom. The number of rotatable bonds is 4. The van der Waals surface area contributed by atoms with Crippen molar-refractivity contribution in [2.75, 3.05) is 14.2 Å². The van der Waals surface area contributed by atoms with Crippen LogP contribution in [0.5, 0.6) is 11.5 Å². The molecule has 0 aliphatic rings. The zero-order valence-electron chi connectivity index (χ0n) is 11.5. The maximum absolute atomic E-state index is 14.2. The second kappa shape index (κ2) is 6.41. The third kappa shape index (κ3) is 2.87. The lowest BCUT2D eigenvalue weighted by molar-refractivity contribution is 0.380. The summed E-state index contributed by atoms with van der Waals surface area (Å²) in [6, 6.07) is 6.41. The van der Waals surface area contributed by atoms with Gasteiger partial charge in [0, 0.05) is 5.56 Å². The van der Waals surface area contributed by atoms with Gasteiger partial charge in [0.15, 0.2) is 0 Å². The van der Waals surface area contributed by atoms with Crippen LogP contribution in [0.2, 0.25) is 0 Å². The van der Waals surface area contributed by atoms with Crippen molar-refractivity contribution in [3.63, 3.8) is 0 Å². The van der Waals surface area contributed by atoms with Gasteiger partial charge in [0.25, 0.3) is 0 Å². The van der Waals surface area contributed by atoms with E-state index in [4.69, 9.17) is 15.2 Å². The quantitative estimate of drug-likeness (QED) is 0.846.